The van der Waals surface area contributed by atoms with E-state index < -0.39 is 0 Å². The Morgan fingerprint density at radius 3 is 2.60 bits per heavy atom. The van der Waals surface area contributed by atoms with Crippen LogP contribution in [0.25, 0.3) is 0 Å². The second-order valence-corrected chi connectivity index (χ2v) is 5.00. The Balaban J connectivity index is 1.70. The van der Waals surface area contributed by atoms with Crippen molar-refractivity contribution in [3.8, 4) is 5.75 Å². The molecule has 0 bridgehead atoms. The largest absolute Gasteiger partial charge is 0.508 e. The van der Waals surface area contributed by atoms with Gasteiger partial charge in [-0.25, -0.2) is 4.39 Å². The fraction of sp³-hybridized carbons (Fsp3) is 0.188. The lowest BCUT2D eigenvalue weighted by Crippen LogP contribution is -2.35. The molecule has 3 rings (SSSR count). The highest BCUT2D eigenvalue weighted by Crippen LogP contribution is 2.29. The lowest BCUT2D eigenvalue weighted by molar-refractivity contribution is 0.0938. The number of benzene rings is 2. The van der Waals surface area contributed by atoms with Gasteiger partial charge in [0, 0.05) is 11.6 Å². The number of aromatic hydroxyl groups is 1. The lowest BCUT2D eigenvalue weighted by Gasteiger charge is -2.12. The Bertz CT molecular complexity index is 652. The molecule has 2 aromatic rings. The van der Waals surface area contributed by atoms with Crippen molar-refractivity contribution in [2.24, 2.45) is 0 Å². The van der Waals surface area contributed by atoms with Gasteiger partial charge in [0.2, 0.25) is 0 Å². The van der Waals surface area contributed by atoms with Gasteiger partial charge >= 0.3 is 0 Å². The zero-order valence-electron chi connectivity index (χ0n) is 10.8. The minimum Gasteiger partial charge on any atom is -0.508 e. The Kier molecular flexibility index (Phi) is 3.14. The van der Waals surface area contributed by atoms with Crippen LogP contribution in [-0.2, 0) is 12.8 Å². The number of phenolic OH excluding ortho intramolecular Hbond substituents is 1. The summed E-state index contributed by atoms with van der Waals surface area (Å²) in [5.74, 6) is -0.303. The molecular weight excluding hydrogens is 257 g/mol. The molecule has 0 saturated heterocycles. The Morgan fingerprint density at radius 1 is 1.15 bits per heavy atom. The van der Waals surface area contributed by atoms with Gasteiger partial charge in [0.15, 0.2) is 0 Å². The van der Waals surface area contributed by atoms with E-state index in [4.69, 9.17) is 0 Å². The van der Waals surface area contributed by atoms with Crippen LogP contribution in [0.5, 0.6) is 5.75 Å². The molecule has 1 aliphatic rings. The van der Waals surface area contributed by atoms with Crippen molar-refractivity contribution >= 4 is 5.91 Å². The molecule has 2 aromatic carbocycles. The van der Waals surface area contributed by atoms with Crippen molar-refractivity contribution < 1.29 is 14.3 Å². The average Bonchev–Trinajstić information content (AvgIpc) is 2.83. The molecule has 0 fully saturated rings. The zero-order valence-corrected chi connectivity index (χ0v) is 10.8. The molecule has 102 valence electrons. The third kappa shape index (κ3) is 2.37. The molecule has 3 nitrogen and oxygen atoms in total. The summed E-state index contributed by atoms with van der Waals surface area (Å²) in [5, 5.41) is 12.7. The highest BCUT2D eigenvalue weighted by Gasteiger charge is 2.25. The van der Waals surface area contributed by atoms with Crippen LogP contribution >= 0.6 is 0 Å². The molecule has 1 atom stereocenters. The van der Waals surface area contributed by atoms with Crippen molar-refractivity contribution in [2.75, 3.05) is 0 Å². The number of carbonyl (C=O) groups excluding carboxylic acids is 1. The molecule has 0 aromatic heterocycles. The number of fused-ring (bicyclic) bond motifs is 1. The number of rotatable bonds is 2. The molecule has 4 heteroatoms. The third-order valence-electron chi connectivity index (χ3n) is 3.61. The summed E-state index contributed by atoms with van der Waals surface area (Å²) in [6.45, 7) is 0. The molecule has 2 N–H and O–H groups in total. The number of carbonyl (C=O) groups is 1. The van der Waals surface area contributed by atoms with Gasteiger partial charge in [-0.15, -0.1) is 0 Å². The highest BCUT2D eigenvalue weighted by atomic mass is 19.1. The smallest absolute Gasteiger partial charge is 0.251 e. The summed E-state index contributed by atoms with van der Waals surface area (Å²) in [5.41, 5.74) is 2.40. The molecule has 0 heterocycles. The topological polar surface area (TPSA) is 49.3 Å². The van der Waals surface area contributed by atoms with Crippen molar-refractivity contribution in [2.45, 2.75) is 18.9 Å². The maximum absolute atomic E-state index is 12.8. The van der Waals surface area contributed by atoms with Gasteiger partial charge in [0.05, 0.1) is 0 Å². The van der Waals surface area contributed by atoms with Crippen LogP contribution in [0, 0.1) is 5.82 Å². The second kappa shape index (κ2) is 4.96. The van der Waals surface area contributed by atoms with Crippen LogP contribution in [0.2, 0.25) is 0 Å². The van der Waals surface area contributed by atoms with Gasteiger partial charge in [0.25, 0.3) is 5.91 Å². The van der Waals surface area contributed by atoms with Crippen molar-refractivity contribution in [1.82, 2.24) is 5.32 Å². The summed E-state index contributed by atoms with van der Waals surface area (Å²) in [4.78, 5) is 12.1. The minimum atomic E-state index is -0.361. The zero-order chi connectivity index (χ0) is 14.1. The van der Waals surface area contributed by atoms with Crippen LogP contribution in [0.4, 0.5) is 4.39 Å². The molecule has 1 amide bonds. The molecule has 1 aliphatic carbocycles. The van der Waals surface area contributed by atoms with Gasteiger partial charge in [-0.3, -0.25) is 4.79 Å². The van der Waals surface area contributed by atoms with E-state index in [2.05, 4.69) is 5.32 Å². The Hall–Kier alpha value is -2.36. The highest BCUT2D eigenvalue weighted by molar-refractivity contribution is 5.94. The van der Waals surface area contributed by atoms with Crippen LogP contribution < -0.4 is 5.32 Å². The van der Waals surface area contributed by atoms with Gasteiger partial charge in [-0.05, 0) is 54.3 Å². The van der Waals surface area contributed by atoms with Crippen LogP contribution in [0.1, 0.15) is 21.5 Å². The lowest BCUT2D eigenvalue weighted by atomic mass is 10.1. The third-order valence-corrected chi connectivity index (χ3v) is 3.61. The van der Waals surface area contributed by atoms with Crippen LogP contribution in [-0.4, -0.2) is 17.1 Å². The Morgan fingerprint density at radius 2 is 1.90 bits per heavy atom. The molecule has 1 unspecified atom stereocenters. The SMILES string of the molecule is O=C(NC1Cc2cccc(O)c2C1)c1ccc(F)cc1. The van der Waals surface area contributed by atoms with E-state index in [-0.39, 0.29) is 23.5 Å². The van der Waals surface area contributed by atoms with E-state index in [1.165, 1.54) is 24.3 Å². The molecule has 0 radical (unpaired) electrons. The molecule has 20 heavy (non-hydrogen) atoms. The quantitative estimate of drug-likeness (QED) is 0.881. The van der Waals surface area contributed by atoms with E-state index in [1.54, 1.807) is 12.1 Å². The maximum Gasteiger partial charge on any atom is 0.251 e. The summed E-state index contributed by atoms with van der Waals surface area (Å²) < 4.78 is 12.8. The minimum absolute atomic E-state index is 0.0316. The molecular formula is C16H14FNO2. The fourth-order valence-corrected chi connectivity index (χ4v) is 2.60. The van der Waals surface area contributed by atoms with Crippen molar-refractivity contribution in [1.29, 1.82) is 0 Å². The second-order valence-electron chi connectivity index (χ2n) is 5.00. The van der Waals surface area contributed by atoms with Gasteiger partial charge in [-0.2, -0.15) is 0 Å². The fourth-order valence-electron chi connectivity index (χ4n) is 2.60. The van der Waals surface area contributed by atoms with E-state index in [9.17, 15) is 14.3 Å². The van der Waals surface area contributed by atoms with E-state index in [0.29, 0.717) is 18.4 Å². The first kappa shape index (κ1) is 12.7. The first-order valence-corrected chi connectivity index (χ1v) is 6.49. The molecule has 0 aliphatic heterocycles. The van der Waals surface area contributed by atoms with Gasteiger partial charge in [-0.1, -0.05) is 12.1 Å². The number of hydrogen-bond donors (Lipinski definition) is 2. The normalized spacial score (nSPS) is 16.8. The standard InChI is InChI=1S/C16H14FNO2/c17-12-6-4-10(5-7-12)16(20)18-13-8-11-2-1-3-15(19)14(11)9-13/h1-7,13,19H,8-9H2,(H,18,20). The van der Waals surface area contributed by atoms with Crippen molar-refractivity contribution in [3.05, 3.63) is 65.0 Å². The summed E-state index contributed by atoms with van der Waals surface area (Å²) in [6.07, 6.45) is 1.33. The van der Waals surface area contributed by atoms with E-state index in [1.807, 2.05) is 6.07 Å². The maximum atomic E-state index is 12.8. The summed E-state index contributed by atoms with van der Waals surface area (Å²) in [6, 6.07) is 10.8. The summed E-state index contributed by atoms with van der Waals surface area (Å²) >= 11 is 0. The number of hydrogen-bond acceptors (Lipinski definition) is 2. The number of phenols is 1. The predicted molar refractivity (Wildman–Crippen MR) is 73.2 cm³/mol. The molecule has 0 spiro atoms. The predicted octanol–water partition coefficient (Wildman–Crippen LogP) is 2.43. The Labute approximate surface area is 116 Å². The summed E-state index contributed by atoms with van der Waals surface area (Å²) in [7, 11) is 0. The van der Waals surface area contributed by atoms with Gasteiger partial charge < -0.3 is 10.4 Å². The molecule has 0 saturated carbocycles. The van der Waals surface area contributed by atoms with Crippen LogP contribution in [0.15, 0.2) is 42.5 Å². The number of amides is 1. The van der Waals surface area contributed by atoms with Gasteiger partial charge in [0.1, 0.15) is 11.6 Å². The van der Waals surface area contributed by atoms with E-state index in [0.717, 1.165) is 11.1 Å². The first-order chi connectivity index (χ1) is 9.63. The van der Waals surface area contributed by atoms with Crippen molar-refractivity contribution in [3.63, 3.8) is 0 Å². The number of nitrogens with one attached hydrogen (secondary N) is 1. The average molecular weight is 271 g/mol. The number of halogens is 1. The first-order valence-electron chi connectivity index (χ1n) is 6.49. The van der Waals surface area contributed by atoms with Crippen LogP contribution in [0.3, 0.4) is 0 Å². The van der Waals surface area contributed by atoms with E-state index >= 15 is 0 Å². The monoisotopic (exact) mass is 271 g/mol.